The summed E-state index contributed by atoms with van der Waals surface area (Å²) in [5, 5.41) is 13.9. The fraction of sp³-hybridized carbons (Fsp3) is 0.222. The van der Waals surface area contributed by atoms with Crippen LogP contribution in [0.25, 0.3) is 0 Å². The summed E-state index contributed by atoms with van der Waals surface area (Å²) in [6.07, 6.45) is 6.55. The van der Waals surface area contributed by atoms with E-state index in [0.717, 1.165) is 23.4 Å². The molecule has 2 nitrogen and oxygen atoms in total. The standard InChI is InChI=1S/C18H18ClNO/c19-15-9-5-13(6-10-15)18(20-16-3-1-2-4-16)14-7-11-17(21)12-8-14/h1-2,5-12,16,18,20-21H,3-4H2. The van der Waals surface area contributed by atoms with Crippen LogP contribution in [-0.2, 0) is 0 Å². The van der Waals surface area contributed by atoms with E-state index in [0.29, 0.717) is 6.04 Å². The van der Waals surface area contributed by atoms with Crippen LogP contribution in [0.4, 0.5) is 0 Å². The number of rotatable bonds is 4. The second kappa shape index (κ2) is 6.33. The zero-order valence-corrected chi connectivity index (χ0v) is 12.4. The maximum absolute atomic E-state index is 9.48. The molecule has 2 aromatic carbocycles. The quantitative estimate of drug-likeness (QED) is 0.818. The Labute approximate surface area is 130 Å². The zero-order valence-electron chi connectivity index (χ0n) is 11.7. The van der Waals surface area contributed by atoms with E-state index in [9.17, 15) is 5.11 Å². The van der Waals surface area contributed by atoms with Gasteiger partial charge in [0.25, 0.3) is 0 Å². The van der Waals surface area contributed by atoms with Gasteiger partial charge in [-0.15, -0.1) is 0 Å². The van der Waals surface area contributed by atoms with Crippen molar-refractivity contribution >= 4 is 11.6 Å². The van der Waals surface area contributed by atoms with Crippen molar-refractivity contribution in [2.24, 2.45) is 0 Å². The average Bonchev–Trinajstić information content (AvgIpc) is 3.00. The Morgan fingerprint density at radius 2 is 1.43 bits per heavy atom. The molecular formula is C18H18ClNO. The molecule has 0 aromatic heterocycles. The number of benzene rings is 2. The van der Waals surface area contributed by atoms with Gasteiger partial charge in [0.05, 0.1) is 6.04 Å². The highest BCUT2D eigenvalue weighted by atomic mass is 35.5. The third-order valence-electron chi connectivity index (χ3n) is 3.84. The van der Waals surface area contributed by atoms with Crippen LogP contribution >= 0.6 is 11.6 Å². The number of phenols is 1. The molecule has 0 aliphatic heterocycles. The van der Waals surface area contributed by atoms with Crippen molar-refractivity contribution in [1.29, 1.82) is 0 Å². The first-order valence-corrected chi connectivity index (χ1v) is 7.55. The van der Waals surface area contributed by atoms with Crippen LogP contribution in [0.1, 0.15) is 30.0 Å². The summed E-state index contributed by atoms with van der Waals surface area (Å²) in [5.74, 6) is 0.288. The molecule has 21 heavy (non-hydrogen) atoms. The number of hydrogen-bond acceptors (Lipinski definition) is 2. The van der Waals surface area contributed by atoms with Crippen molar-refractivity contribution < 1.29 is 5.11 Å². The van der Waals surface area contributed by atoms with E-state index in [1.807, 2.05) is 24.3 Å². The van der Waals surface area contributed by atoms with Gasteiger partial charge in [0.2, 0.25) is 0 Å². The fourth-order valence-electron chi connectivity index (χ4n) is 2.70. The molecule has 0 bridgehead atoms. The minimum atomic E-state index is 0.104. The highest BCUT2D eigenvalue weighted by Gasteiger charge is 2.19. The summed E-state index contributed by atoms with van der Waals surface area (Å²) in [6, 6.07) is 15.9. The molecule has 0 saturated carbocycles. The van der Waals surface area contributed by atoms with Crippen molar-refractivity contribution in [3.05, 3.63) is 76.8 Å². The van der Waals surface area contributed by atoms with Crippen molar-refractivity contribution in [3.63, 3.8) is 0 Å². The summed E-state index contributed by atoms with van der Waals surface area (Å²) in [6.45, 7) is 0. The molecule has 0 spiro atoms. The molecule has 1 aliphatic carbocycles. The maximum atomic E-state index is 9.48. The van der Waals surface area contributed by atoms with Crippen LogP contribution < -0.4 is 5.32 Å². The molecule has 108 valence electrons. The Morgan fingerprint density at radius 1 is 0.905 bits per heavy atom. The molecule has 3 rings (SSSR count). The lowest BCUT2D eigenvalue weighted by Crippen LogP contribution is -2.31. The molecular weight excluding hydrogens is 282 g/mol. The van der Waals surface area contributed by atoms with Gasteiger partial charge in [-0.25, -0.2) is 0 Å². The van der Waals surface area contributed by atoms with Crippen LogP contribution in [-0.4, -0.2) is 11.1 Å². The predicted molar refractivity (Wildman–Crippen MR) is 86.7 cm³/mol. The van der Waals surface area contributed by atoms with Gasteiger partial charge < -0.3 is 10.4 Å². The number of aromatic hydroxyl groups is 1. The van der Waals surface area contributed by atoms with Gasteiger partial charge in [0.1, 0.15) is 5.75 Å². The lowest BCUT2D eigenvalue weighted by Gasteiger charge is -2.24. The summed E-state index contributed by atoms with van der Waals surface area (Å²) >= 11 is 5.99. The van der Waals surface area contributed by atoms with Crippen molar-refractivity contribution in [1.82, 2.24) is 5.32 Å². The minimum absolute atomic E-state index is 0.104. The van der Waals surface area contributed by atoms with Gasteiger partial charge in [-0.1, -0.05) is 48.0 Å². The SMILES string of the molecule is Oc1ccc(C(NC2CC=CC2)c2ccc(Cl)cc2)cc1. The molecule has 1 aliphatic rings. The van der Waals surface area contributed by atoms with Gasteiger partial charge in [0.15, 0.2) is 0 Å². The number of phenolic OH excluding ortho intramolecular Hbond substituents is 1. The summed E-state index contributed by atoms with van der Waals surface area (Å²) in [4.78, 5) is 0. The molecule has 2 N–H and O–H groups in total. The maximum Gasteiger partial charge on any atom is 0.115 e. The average molecular weight is 300 g/mol. The van der Waals surface area contributed by atoms with E-state index < -0.39 is 0 Å². The molecule has 0 radical (unpaired) electrons. The van der Waals surface area contributed by atoms with Gasteiger partial charge in [-0.3, -0.25) is 0 Å². The second-order valence-corrected chi connectivity index (χ2v) is 5.82. The third-order valence-corrected chi connectivity index (χ3v) is 4.09. The van der Waals surface area contributed by atoms with E-state index in [1.54, 1.807) is 12.1 Å². The highest BCUT2D eigenvalue weighted by Crippen LogP contribution is 2.27. The third kappa shape index (κ3) is 3.46. The first kappa shape index (κ1) is 14.2. The molecule has 0 heterocycles. The van der Waals surface area contributed by atoms with E-state index in [1.165, 1.54) is 5.56 Å². The van der Waals surface area contributed by atoms with E-state index >= 15 is 0 Å². The zero-order chi connectivity index (χ0) is 14.7. The van der Waals surface area contributed by atoms with Gasteiger partial charge >= 0.3 is 0 Å². The van der Waals surface area contributed by atoms with Crippen LogP contribution in [0.3, 0.4) is 0 Å². The Morgan fingerprint density at radius 3 is 2.00 bits per heavy atom. The molecule has 0 saturated heterocycles. The Hall–Kier alpha value is -1.77. The van der Waals surface area contributed by atoms with Crippen molar-refractivity contribution in [3.8, 4) is 5.75 Å². The number of hydrogen-bond donors (Lipinski definition) is 2. The van der Waals surface area contributed by atoms with Crippen molar-refractivity contribution in [2.45, 2.75) is 24.9 Å². The predicted octanol–water partition coefficient (Wildman–Crippen LogP) is 4.44. The first-order chi connectivity index (χ1) is 10.2. The molecule has 3 heteroatoms. The lowest BCUT2D eigenvalue weighted by atomic mass is 9.97. The second-order valence-electron chi connectivity index (χ2n) is 5.38. The Bertz CT molecular complexity index is 565. The summed E-state index contributed by atoms with van der Waals surface area (Å²) in [5.41, 5.74) is 2.32. The van der Waals surface area contributed by atoms with Gasteiger partial charge in [-0.2, -0.15) is 0 Å². The Balaban J connectivity index is 1.89. The largest absolute Gasteiger partial charge is 0.508 e. The smallest absolute Gasteiger partial charge is 0.115 e. The van der Waals surface area contributed by atoms with Gasteiger partial charge in [0, 0.05) is 11.1 Å². The highest BCUT2D eigenvalue weighted by molar-refractivity contribution is 6.30. The normalized spacial score (nSPS) is 16.2. The van der Waals surface area contributed by atoms with Gasteiger partial charge in [-0.05, 0) is 48.2 Å². The molecule has 2 aromatic rings. The molecule has 1 unspecified atom stereocenters. The van der Waals surface area contributed by atoms with E-state index in [-0.39, 0.29) is 11.8 Å². The van der Waals surface area contributed by atoms with Crippen LogP contribution in [0.15, 0.2) is 60.7 Å². The van der Waals surface area contributed by atoms with Crippen LogP contribution in [0, 0.1) is 0 Å². The topological polar surface area (TPSA) is 32.3 Å². The minimum Gasteiger partial charge on any atom is -0.508 e. The lowest BCUT2D eigenvalue weighted by molar-refractivity contribution is 0.472. The van der Waals surface area contributed by atoms with E-state index in [4.69, 9.17) is 11.6 Å². The molecule has 0 fully saturated rings. The number of nitrogens with one attached hydrogen (secondary N) is 1. The molecule has 1 atom stereocenters. The summed E-state index contributed by atoms with van der Waals surface area (Å²) < 4.78 is 0. The Kier molecular flexibility index (Phi) is 4.28. The number of halogens is 1. The first-order valence-electron chi connectivity index (χ1n) is 7.18. The van der Waals surface area contributed by atoms with E-state index in [2.05, 4.69) is 29.6 Å². The van der Waals surface area contributed by atoms with Crippen molar-refractivity contribution in [2.75, 3.05) is 0 Å². The monoisotopic (exact) mass is 299 g/mol. The fourth-order valence-corrected chi connectivity index (χ4v) is 2.82. The van der Waals surface area contributed by atoms with Crippen LogP contribution in [0.5, 0.6) is 5.75 Å². The summed E-state index contributed by atoms with van der Waals surface area (Å²) in [7, 11) is 0. The van der Waals surface area contributed by atoms with Crippen LogP contribution in [0.2, 0.25) is 5.02 Å². The molecule has 0 amide bonds.